The zero-order valence-corrected chi connectivity index (χ0v) is 16.5. The second-order valence-corrected chi connectivity index (χ2v) is 9.58. The van der Waals surface area contributed by atoms with Crippen LogP contribution in [0.4, 0.5) is 0 Å². The third-order valence-corrected chi connectivity index (χ3v) is 7.67. The van der Waals surface area contributed by atoms with E-state index in [0.29, 0.717) is 12.3 Å². The van der Waals surface area contributed by atoms with Gasteiger partial charge >= 0.3 is 0 Å². The summed E-state index contributed by atoms with van der Waals surface area (Å²) < 4.78 is 18.6. The lowest BCUT2D eigenvalue weighted by Crippen LogP contribution is -2.67. The van der Waals surface area contributed by atoms with Gasteiger partial charge in [-0.15, -0.1) is 0 Å². The Labute approximate surface area is 157 Å². The fourth-order valence-electron chi connectivity index (χ4n) is 6.08. The molecule has 4 fully saturated rings. The molecule has 3 unspecified atom stereocenters. The molecule has 8 atom stereocenters. The molecule has 2 saturated carbocycles. The smallest absolute Gasteiger partial charge is 0.193 e. The molecule has 2 heterocycles. The van der Waals surface area contributed by atoms with Crippen LogP contribution in [-0.4, -0.2) is 40.3 Å². The van der Waals surface area contributed by atoms with Crippen LogP contribution in [0.3, 0.4) is 0 Å². The van der Waals surface area contributed by atoms with Gasteiger partial charge in [-0.05, 0) is 50.9 Å². The van der Waals surface area contributed by atoms with Gasteiger partial charge in [-0.25, -0.2) is 0 Å². The van der Waals surface area contributed by atoms with E-state index in [4.69, 9.17) is 14.2 Å². The Morgan fingerprint density at radius 3 is 2.38 bits per heavy atom. The van der Waals surface area contributed by atoms with Gasteiger partial charge in [-0.2, -0.15) is 0 Å². The van der Waals surface area contributed by atoms with Crippen LogP contribution in [-0.2, 0) is 14.2 Å². The standard InChI is InChI=1S/C21H36O5/c1-13-9-10-17-14(2)18(24-15-7-5-4-6-8-15)25-19-21(17,23)16(13)11-12-20(3,22)26-19/h13-19,22-23H,4-12H2,1-3H3/t13-,14-,16?,17?,18?,19-,20+,21-/m1/s1. The first-order valence-electron chi connectivity index (χ1n) is 10.7. The summed E-state index contributed by atoms with van der Waals surface area (Å²) in [5.41, 5.74) is -1.04. The van der Waals surface area contributed by atoms with Crippen molar-refractivity contribution in [1.82, 2.24) is 0 Å². The van der Waals surface area contributed by atoms with Crippen molar-refractivity contribution in [3.8, 4) is 0 Å². The molecule has 0 radical (unpaired) electrons. The summed E-state index contributed by atoms with van der Waals surface area (Å²) in [6.45, 7) is 6.05. The lowest BCUT2D eigenvalue weighted by atomic mass is 9.58. The average Bonchev–Trinajstić information content (AvgIpc) is 2.69. The van der Waals surface area contributed by atoms with Crippen LogP contribution in [0.15, 0.2) is 0 Å². The van der Waals surface area contributed by atoms with Crippen LogP contribution in [0.1, 0.15) is 78.6 Å². The fraction of sp³-hybridized carbons (Fsp3) is 1.00. The molecule has 0 spiro atoms. The number of hydrogen-bond acceptors (Lipinski definition) is 5. The van der Waals surface area contributed by atoms with E-state index in [1.54, 1.807) is 6.92 Å². The second-order valence-electron chi connectivity index (χ2n) is 9.58. The molecule has 2 aliphatic heterocycles. The Morgan fingerprint density at radius 2 is 1.65 bits per heavy atom. The molecular weight excluding hydrogens is 332 g/mol. The summed E-state index contributed by atoms with van der Waals surface area (Å²) in [7, 11) is 0. The van der Waals surface area contributed by atoms with Gasteiger partial charge < -0.3 is 24.4 Å². The maximum absolute atomic E-state index is 11.8. The third kappa shape index (κ3) is 3.24. The van der Waals surface area contributed by atoms with E-state index in [1.165, 1.54) is 19.3 Å². The maximum Gasteiger partial charge on any atom is 0.193 e. The van der Waals surface area contributed by atoms with Gasteiger partial charge in [0.15, 0.2) is 18.4 Å². The van der Waals surface area contributed by atoms with Crippen molar-refractivity contribution in [3.05, 3.63) is 0 Å². The Bertz CT molecular complexity index is 503. The van der Waals surface area contributed by atoms with E-state index < -0.39 is 17.7 Å². The first-order chi connectivity index (χ1) is 12.3. The molecular formula is C21H36O5. The summed E-state index contributed by atoms with van der Waals surface area (Å²) in [5, 5.41) is 22.5. The number of ether oxygens (including phenoxy) is 3. The highest BCUT2D eigenvalue weighted by molar-refractivity contribution is 5.07. The Hall–Kier alpha value is -0.200. The second kappa shape index (κ2) is 7.00. The highest BCUT2D eigenvalue weighted by Crippen LogP contribution is 2.56. The Morgan fingerprint density at radius 1 is 0.923 bits per heavy atom. The van der Waals surface area contributed by atoms with Crippen LogP contribution in [0.2, 0.25) is 0 Å². The summed E-state index contributed by atoms with van der Waals surface area (Å²) in [5.74, 6) is -0.552. The van der Waals surface area contributed by atoms with Gasteiger partial charge in [0.05, 0.1) is 6.10 Å². The van der Waals surface area contributed by atoms with Crippen molar-refractivity contribution >= 4 is 0 Å². The monoisotopic (exact) mass is 368 g/mol. The van der Waals surface area contributed by atoms with Crippen molar-refractivity contribution < 1.29 is 24.4 Å². The third-order valence-electron chi connectivity index (χ3n) is 7.67. The van der Waals surface area contributed by atoms with Gasteiger partial charge in [0.2, 0.25) is 0 Å². The first kappa shape index (κ1) is 19.1. The molecule has 5 nitrogen and oxygen atoms in total. The largest absolute Gasteiger partial charge is 0.384 e. The molecule has 4 aliphatic rings. The van der Waals surface area contributed by atoms with Crippen LogP contribution in [0, 0.1) is 23.7 Å². The minimum absolute atomic E-state index is 0.0879. The zero-order valence-electron chi connectivity index (χ0n) is 16.5. The van der Waals surface area contributed by atoms with E-state index in [9.17, 15) is 10.2 Å². The van der Waals surface area contributed by atoms with Crippen molar-refractivity contribution in [2.45, 2.75) is 109 Å². The van der Waals surface area contributed by atoms with Gasteiger partial charge in [0.25, 0.3) is 0 Å². The predicted molar refractivity (Wildman–Crippen MR) is 97.1 cm³/mol. The van der Waals surface area contributed by atoms with Crippen molar-refractivity contribution in [3.63, 3.8) is 0 Å². The van der Waals surface area contributed by atoms with Crippen LogP contribution < -0.4 is 0 Å². The summed E-state index contributed by atoms with van der Waals surface area (Å²) in [6, 6.07) is 0. The van der Waals surface area contributed by atoms with Crippen molar-refractivity contribution in [2.24, 2.45) is 23.7 Å². The lowest BCUT2D eigenvalue weighted by Gasteiger charge is -2.57. The zero-order chi connectivity index (χ0) is 18.5. The van der Waals surface area contributed by atoms with Crippen LogP contribution in [0.5, 0.6) is 0 Å². The molecule has 2 aliphatic carbocycles. The van der Waals surface area contributed by atoms with E-state index in [0.717, 1.165) is 32.1 Å². The fourth-order valence-corrected chi connectivity index (χ4v) is 6.08. The molecule has 0 aromatic rings. The van der Waals surface area contributed by atoms with Crippen LogP contribution in [0.25, 0.3) is 0 Å². The van der Waals surface area contributed by atoms with Crippen LogP contribution >= 0.6 is 0 Å². The van der Waals surface area contributed by atoms with Gasteiger partial charge in [-0.1, -0.05) is 33.1 Å². The van der Waals surface area contributed by atoms with Crippen molar-refractivity contribution in [2.75, 3.05) is 0 Å². The molecule has 0 amide bonds. The quantitative estimate of drug-likeness (QED) is 0.780. The SMILES string of the molecule is C[C@H]1C(OC2CCCCC2)O[C@@H]2O[C@](C)(O)CCC3[C@H](C)CCC1[C@]32O. The molecule has 2 saturated heterocycles. The maximum atomic E-state index is 11.8. The molecule has 26 heavy (non-hydrogen) atoms. The van der Waals surface area contributed by atoms with E-state index in [1.807, 2.05) is 0 Å². The van der Waals surface area contributed by atoms with Gasteiger partial charge in [0, 0.05) is 18.3 Å². The molecule has 0 aromatic carbocycles. The number of rotatable bonds is 2. The minimum atomic E-state index is -1.27. The minimum Gasteiger partial charge on any atom is -0.384 e. The Balaban J connectivity index is 1.60. The normalized spacial score (nSPS) is 53.0. The highest BCUT2D eigenvalue weighted by atomic mass is 16.8. The molecule has 5 heteroatoms. The van der Waals surface area contributed by atoms with E-state index >= 15 is 0 Å². The Kier molecular flexibility index (Phi) is 5.15. The summed E-state index contributed by atoms with van der Waals surface area (Å²) in [4.78, 5) is 0. The molecule has 2 N–H and O–H groups in total. The molecule has 0 aromatic heterocycles. The van der Waals surface area contributed by atoms with E-state index in [2.05, 4.69) is 13.8 Å². The van der Waals surface area contributed by atoms with Gasteiger partial charge in [0.1, 0.15) is 5.60 Å². The average molecular weight is 369 g/mol. The van der Waals surface area contributed by atoms with Gasteiger partial charge in [-0.3, -0.25) is 0 Å². The lowest BCUT2D eigenvalue weighted by molar-refractivity contribution is -0.412. The summed E-state index contributed by atoms with van der Waals surface area (Å²) >= 11 is 0. The first-order valence-corrected chi connectivity index (χ1v) is 10.7. The number of hydrogen-bond donors (Lipinski definition) is 2. The predicted octanol–water partition coefficient (Wildman–Crippen LogP) is 3.57. The number of aliphatic hydroxyl groups is 2. The highest BCUT2D eigenvalue weighted by Gasteiger charge is 2.63. The molecule has 150 valence electrons. The summed E-state index contributed by atoms with van der Waals surface area (Å²) in [6.07, 6.45) is 8.32. The topological polar surface area (TPSA) is 68.2 Å². The molecule has 4 rings (SSSR count). The van der Waals surface area contributed by atoms with E-state index in [-0.39, 0.29) is 30.1 Å². The molecule has 0 bridgehead atoms. The van der Waals surface area contributed by atoms with Crippen molar-refractivity contribution in [1.29, 1.82) is 0 Å².